The van der Waals surface area contributed by atoms with Crippen LogP contribution in [0.2, 0.25) is 0 Å². The molecule has 1 atom stereocenters. The van der Waals surface area contributed by atoms with E-state index in [9.17, 15) is 9.90 Å². The van der Waals surface area contributed by atoms with Crippen molar-refractivity contribution in [3.8, 4) is 17.0 Å². The summed E-state index contributed by atoms with van der Waals surface area (Å²) >= 11 is 0. The van der Waals surface area contributed by atoms with Gasteiger partial charge in [-0.3, -0.25) is 0 Å². The molecule has 30 heavy (non-hydrogen) atoms. The van der Waals surface area contributed by atoms with Crippen molar-refractivity contribution in [1.29, 1.82) is 0 Å². The largest absolute Gasteiger partial charge is 0.491 e. The lowest BCUT2D eigenvalue weighted by molar-refractivity contribution is -0.141. The van der Waals surface area contributed by atoms with Crippen molar-refractivity contribution in [3.63, 3.8) is 0 Å². The molecule has 1 N–H and O–H groups in total. The number of aliphatic hydroxyl groups excluding tert-OH is 1. The minimum absolute atomic E-state index is 0.0351. The Bertz CT molecular complexity index is 992. The summed E-state index contributed by atoms with van der Waals surface area (Å²) in [4.78, 5) is 11.1. The molecule has 1 aromatic heterocycles. The molecule has 1 heterocycles. The van der Waals surface area contributed by atoms with Crippen LogP contribution in [0.4, 0.5) is 0 Å². The molecule has 5 heteroatoms. The number of benzene rings is 2. The first-order valence-electron chi connectivity index (χ1n) is 10.4. The summed E-state index contributed by atoms with van der Waals surface area (Å²) in [6.07, 6.45) is 3.68. The maximum atomic E-state index is 11.1. The fraction of sp³-hybridized carbons (Fsp3) is 0.320. The van der Waals surface area contributed by atoms with Crippen LogP contribution in [0, 0.1) is 0 Å². The zero-order chi connectivity index (χ0) is 21.3. The number of unbranched alkanes of at least 4 members (excludes halogenated alkanes) is 2. The Labute approximate surface area is 177 Å². The minimum Gasteiger partial charge on any atom is -0.491 e. The van der Waals surface area contributed by atoms with Crippen molar-refractivity contribution in [2.24, 2.45) is 0 Å². The lowest BCUT2D eigenvalue weighted by Gasteiger charge is -2.14. The fourth-order valence-electron chi connectivity index (χ4n) is 3.43. The van der Waals surface area contributed by atoms with E-state index in [4.69, 9.17) is 9.47 Å². The molecular formula is C25H29NO4. The van der Waals surface area contributed by atoms with Crippen molar-refractivity contribution in [2.45, 2.75) is 38.8 Å². The van der Waals surface area contributed by atoms with Gasteiger partial charge in [0, 0.05) is 34.8 Å². The molecule has 0 aliphatic carbocycles. The highest BCUT2D eigenvalue weighted by Crippen LogP contribution is 2.31. The van der Waals surface area contributed by atoms with Gasteiger partial charge in [0.25, 0.3) is 0 Å². The van der Waals surface area contributed by atoms with E-state index in [1.54, 1.807) is 0 Å². The number of aromatic nitrogens is 1. The third kappa shape index (κ3) is 5.51. The van der Waals surface area contributed by atoms with Crippen LogP contribution in [0.15, 0.2) is 67.3 Å². The summed E-state index contributed by atoms with van der Waals surface area (Å²) in [5.74, 6) is 0.0962. The highest BCUT2D eigenvalue weighted by Gasteiger charge is 2.12. The van der Waals surface area contributed by atoms with Gasteiger partial charge >= 0.3 is 5.97 Å². The van der Waals surface area contributed by atoms with Crippen LogP contribution in [0.5, 0.6) is 5.75 Å². The molecule has 0 aliphatic heterocycles. The van der Waals surface area contributed by atoms with Crippen LogP contribution < -0.4 is 4.74 Å². The van der Waals surface area contributed by atoms with E-state index in [1.165, 1.54) is 23.7 Å². The Morgan fingerprint density at radius 1 is 1.13 bits per heavy atom. The van der Waals surface area contributed by atoms with E-state index >= 15 is 0 Å². The molecule has 3 rings (SSSR count). The molecule has 1 unspecified atom stereocenters. The first-order chi connectivity index (χ1) is 14.6. The molecule has 0 spiro atoms. The molecule has 0 amide bonds. The number of hydrogen-bond acceptors (Lipinski definition) is 4. The first-order valence-corrected chi connectivity index (χ1v) is 10.4. The highest BCUT2D eigenvalue weighted by atomic mass is 16.5. The molecule has 0 aliphatic rings. The van der Waals surface area contributed by atoms with Gasteiger partial charge in [-0.1, -0.05) is 56.7 Å². The van der Waals surface area contributed by atoms with Gasteiger partial charge in [-0.05, 0) is 30.7 Å². The average molecular weight is 408 g/mol. The number of carbonyl (C=O) groups is 1. The Kier molecular flexibility index (Phi) is 7.69. The second kappa shape index (κ2) is 10.6. The van der Waals surface area contributed by atoms with E-state index in [-0.39, 0.29) is 13.2 Å². The summed E-state index contributed by atoms with van der Waals surface area (Å²) in [6, 6.07) is 18.5. The van der Waals surface area contributed by atoms with E-state index < -0.39 is 12.1 Å². The van der Waals surface area contributed by atoms with E-state index in [1.807, 2.05) is 18.2 Å². The predicted molar refractivity (Wildman–Crippen MR) is 120 cm³/mol. The fourth-order valence-corrected chi connectivity index (χ4v) is 3.43. The maximum absolute atomic E-state index is 11.1. The van der Waals surface area contributed by atoms with Crippen LogP contribution in [0.25, 0.3) is 22.2 Å². The van der Waals surface area contributed by atoms with Gasteiger partial charge in [0.1, 0.15) is 25.1 Å². The predicted octanol–water partition coefficient (Wildman–Crippen LogP) is 4.97. The van der Waals surface area contributed by atoms with E-state index in [0.717, 1.165) is 30.3 Å². The third-order valence-electron chi connectivity index (χ3n) is 4.95. The maximum Gasteiger partial charge on any atom is 0.330 e. The van der Waals surface area contributed by atoms with Gasteiger partial charge in [-0.2, -0.15) is 0 Å². The van der Waals surface area contributed by atoms with Crippen LogP contribution in [-0.4, -0.2) is 35.0 Å². The number of rotatable bonds is 11. The third-order valence-corrected chi connectivity index (χ3v) is 4.95. The minimum atomic E-state index is -0.905. The topological polar surface area (TPSA) is 60.7 Å². The molecule has 0 fully saturated rings. The normalized spacial score (nSPS) is 11.9. The standard InChI is InChI=1S/C25H29NO4/c1-3-5-8-14-26-23-13-7-6-10-20(23)16-24(26)19-11-9-12-22(15-19)29-17-21(27)18-30-25(28)4-2/h4,6-7,9-13,15-16,21,27H,2-3,5,8,14,17-18H2,1H3. The highest BCUT2D eigenvalue weighted by molar-refractivity contribution is 5.87. The van der Waals surface area contributed by atoms with Crippen molar-refractivity contribution in [2.75, 3.05) is 13.2 Å². The Balaban J connectivity index is 1.76. The second-order valence-electron chi connectivity index (χ2n) is 7.27. The quantitative estimate of drug-likeness (QED) is 0.277. The van der Waals surface area contributed by atoms with Crippen molar-refractivity contribution in [1.82, 2.24) is 4.57 Å². The monoisotopic (exact) mass is 407 g/mol. The summed E-state index contributed by atoms with van der Waals surface area (Å²) < 4.78 is 12.9. The average Bonchev–Trinajstić information content (AvgIpc) is 3.15. The Morgan fingerprint density at radius 2 is 1.97 bits per heavy atom. The lowest BCUT2D eigenvalue weighted by atomic mass is 10.1. The van der Waals surface area contributed by atoms with Gasteiger partial charge in [-0.25, -0.2) is 4.79 Å². The van der Waals surface area contributed by atoms with Crippen LogP contribution in [0.1, 0.15) is 26.2 Å². The van der Waals surface area contributed by atoms with Crippen LogP contribution in [0.3, 0.4) is 0 Å². The number of para-hydroxylation sites is 1. The lowest BCUT2D eigenvalue weighted by Crippen LogP contribution is -2.24. The molecule has 2 aromatic carbocycles. The molecule has 158 valence electrons. The summed E-state index contributed by atoms with van der Waals surface area (Å²) in [7, 11) is 0. The number of aliphatic hydroxyl groups is 1. The molecule has 0 bridgehead atoms. The number of fused-ring (bicyclic) bond motifs is 1. The summed E-state index contributed by atoms with van der Waals surface area (Å²) in [5, 5.41) is 11.2. The molecule has 0 saturated carbocycles. The van der Waals surface area contributed by atoms with Crippen molar-refractivity contribution < 1.29 is 19.4 Å². The number of hydrogen-bond donors (Lipinski definition) is 1. The van der Waals surface area contributed by atoms with Crippen molar-refractivity contribution >= 4 is 16.9 Å². The number of esters is 1. The van der Waals surface area contributed by atoms with Crippen molar-refractivity contribution in [3.05, 3.63) is 67.3 Å². The van der Waals surface area contributed by atoms with E-state index in [2.05, 4.69) is 54.5 Å². The SMILES string of the molecule is C=CC(=O)OCC(O)COc1cccc(-c2cc3ccccc3n2CCCCC)c1. The van der Waals surface area contributed by atoms with Gasteiger partial charge in [0.2, 0.25) is 0 Å². The molecule has 0 saturated heterocycles. The first kappa shape index (κ1) is 21.7. The van der Waals surface area contributed by atoms with Crippen LogP contribution >= 0.6 is 0 Å². The van der Waals surface area contributed by atoms with Gasteiger partial charge in [-0.15, -0.1) is 0 Å². The summed E-state index contributed by atoms with van der Waals surface area (Å²) in [6.45, 7) is 6.41. The van der Waals surface area contributed by atoms with Gasteiger partial charge in [0.15, 0.2) is 0 Å². The zero-order valence-corrected chi connectivity index (χ0v) is 17.4. The van der Waals surface area contributed by atoms with Crippen LogP contribution in [-0.2, 0) is 16.1 Å². The molecule has 0 radical (unpaired) electrons. The molecule has 3 aromatic rings. The number of ether oxygens (including phenoxy) is 2. The second-order valence-corrected chi connectivity index (χ2v) is 7.27. The summed E-state index contributed by atoms with van der Waals surface area (Å²) in [5.41, 5.74) is 3.44. The van der Waals surface area contributed by atoms with Gasteiger partial charge in [0.05, 0.1) is 0 Å². The molecule has 5 nitrogen and oxygen atoms in total. The van der Waals surface area contributed by atoms with Gasteiger partial charge < -0.3 is 19.1 Å². The smallest absolute Gasteiger partial charge is 0.330 e. The zero-order valence-electron chi connectivity index (χ0n) is 17.4. The number of carbonyl (C=O) groups excluding carboxylic acids is 1. The van der Waals surface area contributed by atoms with E-state index in [0.29, 0.717) is 5.75 Å². The number of aryl methyl sites for hydroxylation is 1. The Morgan fingerprint density at radius 3 is 2.77 bits per heavy atom. The molecular weight excluding hydrogens is 378 g/mol. The Hall–Kier alpha value is -3.05. The number of nitrogens with zero attached hydrogens (tertiary/aromatic N) is 1.